The second-order valence-electron chi connectivity index (χ2n) is 4.91. The number of nitrogens with one attached hydrogen (secondary N) is 2. The Bertz CT molecular complexity index is 634. The van der Waals surface area contributed by atoms with Crippen LogP contribution in [0.15, 0.2) is 24.8 Å². The fraction of sp³-hybridized carbons (Fsp3) is 0.357. The van der Waals surface area contributed by atoms with Crippen molar-refractivity contribution in [2.75, 3.05) is 6.54 Å². The van der Waals surface area contributed by atoms with Crippen LogP contribution in [0.25, 0.3) is 0 Å². The van der Waals surface area contributed by atoms with Crippen molar-refractivity contribution in [1.29, 1.82) is 0 Å². The van der Waals surface area contributed by atoms with E-state index in [9.17, 15) is 4.79 Å². The topological polar surface area (TPSA) is 71.8 Å². The number of carbonyl (C=O) groups excluding carboxylic acids is 1. The molecule has 6 nitrogen and oxygen atoms in total. The van der Waals surface area contributed by atoms with Crippen LogP contribution in [0.5, 0.6) is 0 Å². The van der Waals surface area contributed by atoms with Crippen molar-refractivity contribution >= 4 is 5.91 Å². The van der Waals surface area contributed by atoms with E-state index in [-0.39, 0.29) is 5.91 Å². The van der Waals surface area contributed by atoms with Crippen molar-refractivity contribution in [2.24, 2.45) is 7.05 Å². The second-order valence-corrected chi connectivity index (χ2v) is 4.91. The summed E-state index contributed by atoms with van der Waals surface area (Å²) in [6.07, 6.45) is 8.08. The molecule has 0 aliphatic carbocycles. The molecule has 0 radical (unpaired) electrons. The molecule has 0 aromatic carbocycles. The Hall–Kier alpha value is -2.21. The van der Waals surface area contributed by atoms with E-state index in [2.05, 4.69) is 20.6 Å². The molecule has 2 aromatic rings. The molecule has 0 fully saturated rings. The fourth-order valence-electron chi connectivity index (χ4n) is 2.48. The Morgan fingerprint density at radius 3 is 3.20 bits per heavy atom. The monoisotopic (exact) mass is 271 g/mol. The van der Waals surface area contributed by atoms with Crippen LogP contribution in [0.2, 0.25) is 0 Å². The van der Waals surface area contributed by atoms with E-state index in [4.69, 9.17) is 0 Å². The minimum absolute atomic E-state index is 0.163. The molecule has 20 heavy (non-hydrogen) atoms. The van der Waals surface area contributed by atoms with Gasteiger partial charge in [0.15, 0.2) is 5.82 Å². The first-order chi connectivity index (χ1) is 9.75. The molecule has 1 aliphatic heterocycles. The van der Waals surface area contributed by atoms with Gasteiger partial charge in [-0.05, 0) is 29.7 Å². The predicted octanol–water partition coefficient (Wildman–Crippen LogP) is 0.391. The van der Waals surface area contributed by atoms with Crippen molar-refractivity contribution in [2.45, 2.75) is 19.5 Å². The van der Waals surface area contributed by atoms with Crippen molar-refractivity contribution < 1.29 is 4.79 Å². The van der Waals surface area contributed by atoms with E-state index < -0.39 is 0 Å². The smallest absolute Gasteiger partial charge is 0.287 e. The van der Waals surface area contributed by atoms with Gasteiger partial charge < -0.3 is 15.2 Å². The minimum atomic E-state index is -0.163. The summed E-state index contributed by atoms with van der Waals surface area (Å²) in [5.74, 6) is 0.258. The molecule has 104 valence electrons. The Labute approximate surface area is 117 Å². The lowest BCUT2D eigenvalue weighted by atomic mass is 9.98. The molecule has 0 saturated carbocycles. The van der Waals surface area contributed by atoms with Gasteiger partial charge in [0.05, 0.1) is 0 Å². The van der Waals surface area contributed by atoms with Gasteiger partial charge in [-0.15, -0.1) is 0 Å². The molecule has 1 aliphatic rings. The molecule has 3 heterocycles. The highest BCUT2D eigenvalue weighted by Crippen LogP contribution is 2.17. The fourth-order valence-corrected chi connectivity index (χ4v) is 2.48. The van der Waals surface area contributed by atoms with Crippen LogP contribution in [-0.2, 0) is 26.6 Å². The largest absolute Gasteiger partial charge is 0.345 e. The molecule has 0 spiro atoms. The van der Waals surface area contributed by atoms with Crippen LogP contribution in [0, 0.1) is 0 Å². The molecule has 2 N–H and O–H groups in total. The van der Waals surface area contributed by atoms with Crippen molar-refractivity contribution in [3.05, 3.63) is 47.3 Å². The van der Waals surface area contributed by atoms with Crippen LogP contribution in [0.1, 0.15) is 27.3 Å². The number of fused-ring (bicyclic) bond motifs is 1. The van der Waals surface area contributed by atoms with E-state index in [1.807, 2.05) is 12.4 Å². The van der Waals surface area contributed by atoms with E-state index in [0.717, 1.165) is 25.1 Å². The van der Waals surface area contributed by atoms with Crippen LogP contribution in [0.3, 0.4) is 0 Å². The van der Waals surface area contributed by atoms with Crippen molar-refractivity contribution in [3.63, 3.8) is 0 Å². The van der Waals surface area contributed by atoms with Crippen LogP contribution in [-0.4, -0.2) is 27.0 Å². The lowest BCUT2D eigenvalue weighted by molar-refractivity contribution is 0.0937. The van der Waals surface area contributed by atoms with Gasteiger partial charge >= 0.3 is 0 Å². The second kappa shape index (κ2) is 5.42. The maximum absolute atomic E-state index is 12.0. The average Bonchev–Trinajstić information content (AvgIpc) is 2.91. The van der Waals surface area contributed by atoms with Gasteiger partial charge in [0, 0.05) is 44.9 Å². The van der Waals surface area contributed by atoms with Crippen molar-refractivity contribution in [3.8, 4) is 0 Å². The molecule has 6 heteroatoms. The number of rotatable bonds is 3. The van der Waals surface area contributed by atoms with Crippen LogP contribution >= 0.6 is 0 Å². The Morgan fingerprint density at radius 1 is 1.50 bits per heavy atom. The minimum Gasteiger partial charge on any atom is -0.345 e. The molecule has 2 aromatic heterocycles. The molecule has 0 unspecified atom stereocenters. The van der Waals surface area contributed by atoms with Crippen LogP contribution < -0.4 is 10.6 Å². The predicted molar refractivity (Wildman–Crippen MR) is 74.0 cm³/mol. The molecular formula is C14H17N5O. The molecule has 0 bridgehead atoms. The highest BCUT2D eigenvalue weighted by molar-refractivity contribution is 5.90. The molecular weight excluding hydrogens is 254 g/mol. The summed E-state index contributed by atoms with van der Waals surface area (Å²) in [7, 11) is 1.81. The zero-order valence-corrected chi connectivity index (χ0v) is 11.4. The first kappa shape index (κ1) is 12.8. The summed E-state index contributed by atoms with van der Waals surface area (Å²) >= 11 is 0. The van der Waals surface area contributed by atoms with Gasteiger partial charge in [0.25, 0.3) is 5.91 Å². The Kier molecular flexibility index (Phi) is 3.47. The van der Waals surface area contributed by atoms with E-state index in [0.29, 0.717) is 12.4 Å². The van der Waals surface area contributed by atoms with Crippen molar-refractivity contribution in [1.82, 2.24) is 25.2 Å². The summed E-state index contributed by atoms with van der Waals surface area (Å²) in [5.41, 5.74) is 3.62. The van der Waals surface area contributed by atoms with Gasteiger partial charge in [-0.3, -0.25) is 9.78 Å². The zero-order valence-electron chi connectivity index (χ0n) is 11.4. The number of imidazole rings is 1. The van der Waals surface area contributed by atoms with E-state index in [1.54, 1.807) is 24.0 Å². The molecule has 0 atom stereocenters. The lowest BCUT2D eigenvalue weighted by Gasteiger charge is -2.19. The average molecular weight is 271 g/mol. The first-order valence-electron chi connectivity index (χ1n) is 6.66. The van der Waals surface area contributed by atoms with E-state index >= 15 is 0 Å². The maximum atomic E-state index is 12.0. The lowest BCUT2D eigenvalue weighted by Crippen LogP contribution is -2.29. The molecule has 3 rings (SSSR count). The first-order valence-corrected chi connectivity index (χ1v) is 6.66. The number of nitrogens with zero attached hydrogens (tertiary/aromatic N) is 3. The van der Waals surface area contributed by atoms with Gasteiger partial charge in [-0.2, -0.15) is 0 Å². The number of hydrogen-bond donors (Lipinski definition) is 2. The normalized spacial score (nSPS) is 13.8. The van der Waals surface area contributed by atoms with Gasteiger partial charge in [-0.25, -0.2) is 4.98 Å². The summed E-state index contributed by atoms with van der Waals surface area (Å²) in [6.45, 7) is 2.31. The highest BCUT2D eigenvalue weighted by Gasteiger charge is 2.15. The van der Waals surface area contributed by atoms with Gasteiger partial charge in [0.1, 0.15) is 0 Å². The highest BCUT2D eigenvalue weighted by atomic mass is 16.2. The zero-order chi connectivity index (χ0) is 13.9. The number of aryl methyl sites for hydroxylation is 1. The third-order valence-electron chi connectivity index (χ3n) is 3.57. The maximum Gasteiger partial charge on any atom is 0.287 e. The van der Waals surface area contributed by atoms with Gasteiger partial charge in [0.2, 0.25) is 0 Å². The quantitative estimate of drug-likeness (QED) is 0.847. The number of aromatic nitrogens is 3. The SMILES string of the molecule is Cn1ccnc1C(=O)NCc1cncc2c1CCNC2. The van der Waals surface area contributed by atoms with Crippen LogP contribution in [0.4, 0.5) is 0 Å². The Morgan fingerprint density at radius 2 is 2.40 bits per heavy atom. The summed E-state index contributed by atoms with van der Waals surface area (Å²) < 4.78 is 1.71. The number of pyridine rings is 1. The Balaban J connectivity index is 1.73. The molecule has 1 amide bonds. The standard InChI is InChI=1S/C14H17N5O/c1-19-5-4-17-13(19)14(20)18-9-11-8-16-7-10-6-15-3-2-12(10)11/h4-5,7-8,15H,2-3,6,9H2,1H3,(H,18,20). The summed E-state index contributed by atoms with van der Waals surface area (Å²) in [4.78, 5) is 20.3. The van der Waals surface area contributed by atoms with E-state index in [1.165, 1.54) is 11.1 Å². The number of carbonyl (C=O) groups is 1. The third-order valence-corrected chi connectivity index (χ3v) is 3.57. The third kappa shape index (κ3) is 2.42. The number of amides is 1. The summed E-state index contributed by atoms with van der Waals surface area (Å²) in [6, 6.07) is 0. The summed E-state index contributed by atoms with van der Waals surface area (Å²) in [5, 5.41) is 6.23. The van der Waals surface area contributed by atoms with Gasteiger partial charge in [-0.1, -0.05) is 0 Å². The molecule has 0 saturated heterocycles. The number of hydrogen-bond acceptors (Lipinski definition) is 4.